The molecule has 0 aliphatic heterocycles. The number of likely N-dealkylation sites (N-methyl/N-ethyl adjacent to an activating group) is 1. The van der Waals surface area contributed by atoms with Gasteiger partial charge >= 0.3 is 0 Å². The molecule has 1 N–H and O–H groups in total. The van der Waals surface area contributed by atoms with Gasteiger partial charge in [-0.1, -0.05) is 12.1 Å². The number of amides is 2. The molecular formula is C22H29FN2O2. The van der Waals surface area contributed by atoms with Gasteiger partial charge in [-0.3, -0.25) is 9.59 Å². The average molecular weight is 372 g/mol. The monoisotopic (exact) mass is 372 g/mol. The summed E-state index contributed by atoms with van der Waals surface area (Å²) in [4.78, 5) is 26.4. The molecule has 1 aromatic carbocycles. The van der Waals surface area contributed by atoms with Crippen molar-refractivity contribution in [2.45, 2.75) is 44.9 Å². The number of nitrogens with zero attached hydrogens (tertiary/aromatic N) is 1. The van der Waals surface area contributed by atoms with Crippen LogP contribution in [0.1, 0.15) is 44.1 Å². The van der Waals surface area contributed by atoms with E-state index in [1.807, 2.05) is 11.9 Å². The third kappa shape index (κ3) is 4.17. The first kappa shape index (κ1) is 18.5. The highest BCUT2D eigenvalue weighted by molar-refractivity contribution is 5.85. The summed E-state index contributed by atoms with van der Waals surface area (Å²) in [5, 5.41) is 2.69. The van der Waals surface area contributed by atoms with E-state index in [2.05, 4.69) is 5.32 Å². The van der Waals surface area contributed by atoms with Crippen molar-refractivity contribution in [2.24, 2.45) is 23.2 Å². The van der Waals surface area contributed by atoms with Crippen LogP contribution in [-0.4, -0.2) is 36.9 Å². The Bertz CT molecular complexity index is 697. The number of rotatable bonds is 6. The Labute approximate surface area is 160 Å². The molecule has 4 fully saturated rings. The van der Waals surface area contributed by atoms with Crippen molar-refractivity contribution in [1.29, 1.82) is 0 Å². The molecule has 4 bridgehead atoms. The Morgan fingerprint density at radius 2 is 1.78 bits per heavy atom. The summed E-state index contributed by atoms with van der Waals surface area (Å²) in [6.07, 6.45) is 8.07. The molecule has 0 unspecified atom stereocenters. The van der Waals surface area contributed by atoms with Crippen molar-refractivity contribution < 1.29 is 14.0 Å². The van der Waals surface area contributed by atoms with Crippen LogP contribution in [0.2, 0.25) is 0 Å². The second-order valence-corrected chi connectivity index (χ2v) is 9.25. The van der Waals surface area contributed by atoms with Crippen molar-refractivity contribution in [3.05, 3.63) is 35.6 Å². The van der Waals surface area contributed by atoms with Crippen LogP contribution < -0.4 is 5.32 Å². The predicted octanol–water partition coefficient (Wildman–Crippen LogP) is 3.16. The molecule has 4 saturated carbocycles. The quantitative estimate of drug-likeness (QED) is 0.834. The SMILES string of the molecule is CN(CC12CC3CC(CC(C3)C1)C2)C(=O)CNC(=O)Cc1cccc(F)c1. The maximum atomic E-state index is 13.2. The highest BCUT2D eigenvalue weighted by Crippen LogP contribution is 2.60. The summed E-state index contributed by atoms with van der Waals surface area (Å²) in [5.41, 5.74) is 0.923. The lowest BCUT2D eigenvalue weighted by Crippen LogP contribution is -2.52. The third-order valence-corrected chi connectivity index (χ3v) is 6.85. The van der Waals surface area contributed by atoms with Crippen LogP contribution in [0.3, 0.4) is 0 Å². The minimum atomic E-state index is -0.355. The Kier molecular flexibility index (Phi) is 4.95. The number of benzene rings is 1. The molecule has 27 heavy (non-hydrogen) atoms. The van der Waals surface area contributed by atoms with Gasteiger partial charge in [0, 0.05) is 13.6 Å². The average Bonchev–Trinajstić information content (AvgIpc) is 2.58. The summed E-state index contributed by atoms with van der Waals surface area (Å²) < 4.78 is 13.2. The van der Waals surface area contributed by atoms with E-state index < -0.39 is 0 Å². The molecule has 0 aromatic heterocycles. The summed E-state index contributed by atoms with van der Waals surface area (Å²) >= 11 is 0. The van der Waals surface area contributed by atoms with Gasteiger partial charge in [-0.05, 0) is 79.4 Å². The number of carbonyl (C=O) groups is 2. The molecule has 5 rings (SSSR count). The molecule has 2 amide bonds. The standard InChI is InChI=1S/C22H29FN2O2/c1-25(14-22-10-16-5-17(11-22)7-18(6-16)12-22)21(27)13-24-20(26)9-15-3-2-4-19(23)8-15/h2-4,8,16-18H,5-7,9-14H2,1H3,(H,24,26). The Morgan fingerprint density at radius 3 is 2.37 bits per heavy atom. The van der Waals surface area contributed by atoms with E-state index in [-0.39, 0.29) is 30.6 Å². The molecule has 0 saturated heterocycles. The zero-order valence-corrected chi connectivity index (χ0v) is 16.0. The second-order valence-electron chi connectivity index (χ2n) is 9.25. The zero-order chi connectivity index (χ0) is 19.0. The van der Waals surface area contributed by atoms with Gasteiger partial charge < -0.3 is 10.2 Å². The summed E-state index contributed by atoms with van der Waals surface area (Å²) in [5.74, 6) is 1.95. The van der Waals surface area contributed by atoms with E-state index in [4.69, 9.17) is 0 Å². The van der Waals surface area contributed by atoms with Gasteiger partial charge in [-0.25, -0.2) is 4.39 Å². The fraction of sp³-hybridized carbons (Fsp3) is 0.636. The number of hydrogen-bond donors (Lipinski definition) is 1. The highest BCUT2D eigenvalue weighted by atomic mass is 19.1. The molecule has 146 valence electrons. The maximum absolute atomic E-state index is 13.2. The Balaban J connectivity index is 1.26. The van der Waals surface area contributed by atoms with Gasteiger partial charge in [0.1, 0.15) is 5.82 Å². The number of hydrogen-bond acceptors (Lipinski definition) is 2. The van der Waals surface area contributed by atoms with Crippen molar-refractivity contribution in [2.75, 3.05) is 20.1 Å². The van der Waals surface area contributed by atoms with Gasteiger partial charge in [0.05, 0.1) is 13.0 Å². The van der Waals surface area contributed by atoms with Gasteiger partial charge in [-0.15, -0.1) is 0 Å². The number of halogens is 1. The minimum Gasteiger partial charge on any atom is -0.347 e. The highest BCUT2D eigenvalue weighted by Gasteiger charge is 2.51. The van der Waals surface area contributed by atoms with Crippen molar-refractivity contribution >= 4 is 11.8 Å². The van der Waals surface area contributed by atoms with Crippen LogP contribution in [0.5, 0.6) is 0 Å². The second kappa shape index (κ2) is 7.25. The molecule has 0 heterocycles. The van der Waals surface area contributed by atoms with Crippen LogP contribution in [0.4, 0.5) is 4.39 Å². The first-order valence-corrected chi connectivity index (χ1v) is 10.2. The normalized spacial score (nSPS) is 31.0. The van der Waals surface area contributed by atoms with E-state index >= 15 is 0 Å². The van der Waals surface area contributed by atoms with E-state index in [1.54, 1.807) is 12.1 Å². The van der Waals surface area contributed by atoms with Crippen LogP contribution in [0.15, 0.2) is 24.3 Å². The fourth-order valence-corrected chi connectivity index (χ4v) is 6.28. The Morgan fingerprint density at radius 1 is 1.15 bits per heavy atom. The molecular weight excluding hydrogens is 343 g/mol. The molecule has 4 aliphatic carbocycles. The van der Waals surface area contributed by atoms with Crippen LogP contribution in [-0.2, 0) is 16.0 Å². The molecule has 0 spiro atoms. The van der Waals surface area contributed by atoms with E-state index in [1.165, 1.54) is 50.7 Å². The number of carbonyl (C=O) groups excluding carboxylic acids is 2. The lowest BCUT2D eigenvalue weighted by Gasteiger charge is -2.57. The van der Waals surface area contributed by atoms with Crippen molar-refractivity contribution in [1.82, 2.24) is 10.2 Å². The van der Waals surface area contributed by atoms with Gasteiger partial charge in [0.25, 0.3) is 0 Å². The van der Waals surface area contributed by atoms with Gasteiger partial charge in [0.2, 0.25) is 11.8 Å². The largest absolute Gasteiger partial charge is 0.347 e. The van der Waals surface area contributed by atoms with Crippen LogP contribution in [0.25, 0.3) is 0 Å². The third-order valence-electron chi connectivity index (χ3n) is 6.85. The fourth-order valence-electron chi connectivity index (χ4n) is 6.28. The van der Waals surface area contributed by atoms with E-state index in [0.717, 1.165) is 24.3 Å². The van der Waals surface area contributed by atoms with Gasteiger partial charge in [-0.2, -0.15) is 0 Å². The summed E-state index contributed by atoms with van der Waals surface area (Å²) in [6.45, 7) is 0.826. The Hall–Kier alpha value is -1.91. The number of nitrogens with one attached hydrogen (secondary N) is 1. The van der Waals surface area contributed by atoms with Crippen LogP contribution >= 0.6 is 0 Å². The molecule has 5 heteroatoms. The van der Waals surface area contributed by atoms with Gasteiger partial charge in [0.15, 0.2) is 0 Å². The lowest BCUT2D eigenvalue weighted by atomic mass is 9.49. The molecule has 0 radical (unpaired) electrons. The lowest BCUT2D eigenvalue weighted by molar-refractivity contribution is -0.136. The van der Waals surface area contributed by atoms with E-state index in [9.17, 15) is 14.0 Å². The maximum Gasteiger partial charge on any atom is 0.241 e. The van der Waals surface area contributed by atoms with Crippen LogP contribution in [0, 0.1) is 29.0 Å². The molecule has 4 aliphatic rings. The zero-order valence-electron chi connectivity index (χ0n) is 16.0. The van der Waals surface area contributed by atoms with Crippen molar-refractivity contribution in [3.8, 4) is 0 Å². The predicted molar refractivity (Wildman–Crippen MR) is 101 cm³/mol. The molecule has 0 atom stereocenters. The first-order valence-electron chi connectivity index (χ1n) is 10.2. The van der Waals surface area contributed by atoms with Crippen molar-refractivity contribution in [3.63, 3.8) is 0 Å². The minimum absolute atomic E-state index is 0.0109. The molecule has 4 nitrogen and oxygen atoms in total. The topological polar surface area (TPSA) is 49.4 Å². The summed E-state index contributed by atoms with van der Waals surface area (Å²) in [7, 11) is 1.86. The first-order chi connectivity index (χ1) is 12.9. The summed E-state index contributed by atoms with van der Waals surface area (Å²) in [6, 6.07) is 6.00. The smallest absolute Gasteiger partial charge is 0.241 e. The van der Waals surface area contributed by atoms with E-state index in [0.29, 0.717) is 11.0 Å². The molecule has 1 aromatic rings.